The van der Waals surface area contributed by atoms with Crippen LogP contribution in [0.4, 0.5) is 0 Å². The molecule has 0 radical (unpaired) electrons. The smallest absolute Gasteiger partial charge is 0.220 e. The monoisotopic (exact) mass is 521 g/mol. The van der Waals surface area contributed by atoms with E-state index >= 15 is 0 Å². The number of ether oxygens (including phenoxy) is 2. The van der Waals surface area contributed by atoms with Gasteiger partial charge in [0.25, 0.3) is 0 Å². The van der Waals surface area contributed by atoms with Crippen molar-refractivity contribution in [2.24, 2.45) is 5.92 Å². The summed E-state index contributed by atoms with van der Waals surface area (Å²) in [5.41, 5.74) is 4.10. The van der Waals surface area contributed by atoms with Crippen LogP contribution in [0.5, 0.6) is 11.6 Å². The number of likely N-dealkylation sites (tertiary alicyclic amines) is 1. The Morgan fingerprint density at radius 3 is 2.58 bits per heavy atom. The molecule has 1 aliphatic heterocycles. The van der Waals surface area contributed by atoms with Crippen LogP contribution in [-0.4, -0.2) is 77.2 Å². The van der Waals surface area contributed by atoms with Crippen molar-refractivity contribution in [2.45, 2.75) is 58.6 Å². The maximum absolute atomic E-state index is 10.0. The largest absolute Gasteiger partial charge is 0.491 e. The van der Waals surface area contributed by atoms with Crippen LogP contribution < -0.4 is 14.8 Å². The summed E-state index contributed by atoms with van der Waals surface area (Å²) in [6, 6.07) is 8.45. The number of benzene rings is 1. The summed E-state index contributed by atoms with van der Waals surface area (Å²) in [6.07, 6.45) is 4.43. The molecule has 2 fully saturated rings. The summed E-state index contributed by atoms with van der Waals surface area (Å²) in [5.74, 6) is 3.01. The minimum absolute atomic E-state index is 0.192. The predicted octanol–water partition coefficient (Wildman–Crippen LogP) is 3.94. The van der Waals surface area contributed by atoms with E-state index in [0.717, 1.165) is 60.1 Å². The second-order valence-corrected chi connectivity index (χ2v) is 10.6. The average molecular weight is 522 g/mol. The normalized spacial score (nSPS) is 17.5. The number of nitrogens with zero attached hydrogens (tertiary/aromatic N) is 4. The highest BCUT2D eigenvalue weighted by Gasteiger charge is 2.32. The van der Waals surface area contributed by atoms with Crippen molar-refractivity contribution >= 4 is 0 Å². The number of aryl methyl sites for hydroxylation is 2. The zero-order valence-corrected chi connectivity index (χ0v) is 22.9. The van der Waals surface area contributed by atoms with E-state index in [9.17, 15) is 5.11 Å². The molecule has 0 amide bonds. The molecule has 0 spiro atoms. The third-order valence-electron chi connectivity index (χ3n) is 7.51. The summed E-state index contributed by atoms with van der Waals surface area (Å²) < 4.78 is 17.7. The van der Waals surface area contributed by atoms with E-state index in [1.165, 1.54) is 12.8 Å². The van der Waals surface area contributed by atoms with E-state index in [2.05, 4.69) is 15.4 Å². The number of aliphatic hydroxyl groups excluding tert-OH is 1. The van der Waals surface area contributed by atoms with Crippen molar-refractivity contribution in [3.8, 4) is 34.3 Å². The second-order valence-electron chi connectivity index (χ2n) is 10.6. The van der Waals surface area contributed by atoms with Crippen molar-refractivity contribution < 1.29 is 19.1 Å². The first-order valence-corrected chi connectivity index (χ1v) is 13.7. The van der Waals surface area contributed by atoms with E-state index < -0.39 is 6.10 Å². The molecular formula is C29H39N5O4. The Morgan fingerprint density at radius 1 is 1.11 bits per heavy atom. The van der Waals surface area contributed by atoms with Crippen molar-refractivity contribution in [3.05, 3.63) is 41.3 Å². The van der Waals surface area contributed by atoms with Gasteiger partial charge < -0.3 is 29.3 Å². The number of piperidine rings is 1. The van der Waals surface area contributed by atoms with Crippen molar-refractivity contribution in [1.82, 2.24) is 25.3 Å². The molecular weight excluding hydrogens is 482 g/mol. The molecule has 9 nitrogen and oxygen atoms in total. The highest BCUT2D eigenvalue weighted by molar-refractivity contribution is 5.71. The number of hydrogen-bond donors (Lipinski definition) is 2. The lowest BCUT2D eigenvalue weighted by atomic mass is 9.97. The molecule has 204 valence electrons. The third-order valence-corrected chi connectivity index (χ3v) is 7.51. The average Bonchev–Trinajstić information content (AvgIpc) is 3.72. The van der Waals surface area contributed by atoms with Crippen LogP contribution in [0, 0.1) is 26.7 Å². The molecule has 2 aromatic heterocycles. The molecule has 0 bridgehead atoms. The van der Waals surface area contributed by atoms with Crippen LogP contribution in [-0.2, 0) is 0 Å². The van der Waals surface area contributed by atoms with Gasteiger partial charge in [-0.25, -0.2) is 4.98 Å². The molecule has 2 N–H and O–H groups in total. The van der Waals surface area contributed by atoms with Crippen molar-refractivity contribution in [3.63, 3.8) is 0 Å². The van der Waals surface area contributed by atoms with E-state index in [-0.39, 0.29) is 6.61 Å². The van der Waals surface area contributed by atoms with Crippen LogP contribution in [0.25, 0.3) is 22.6 Å². The molecule has 3 heterocycles. The first-order chi connectivity index (χ1) is 18.4. The lowest BCUT2D eigenvalue weighted by Gasteiger charge is -2.31. The van der Waals surface area contributed by atoms with E-state index in [1.54, 1.807) is 7.05 Å². The molecule has 38 heavy (non-hydrogen) atoms. The Bertz CT molecular complexity index is 1210. The Labute approximate surface area is 224 Å². The lowest BCUT2D eigenvalue weighted by molar-refractivity contribution is 0.108. The number of likely N-dealkylation sites (N-methyl/N-ethyl adjacent to an activating group) is 1. The van der Waals surface area contributed by atoms with Gasteiger partial charge in [-0.3, -0.25) is 0 Å². The second kappa shape index (κ2) is 11.8. The summed E-state index contributed by atoms with van der Waals surface area (Å²) in [4.78, 5) is 12.4. The van der Waals surface area contributed by atoms with Crippen molar-refractivity contribution in [2.75, 3.05) is 39.9 Å². The molecule has 1 aromatic carbocycles. The molecule has 3 aromatic rings. The Kier molecular flexibility index (Phi) is 8.26. The van der Waals surface area contributed by atoms with Gasteiger partial charge in [0.1, 0.15) is 24.2 Å². The molecule has 2 aliphatic rings. The Morgan fingerprint density at radius 2 is 1.89 bits per heavy atom. The van der Waals surface area contributed by atoms with Gasteiger partial charge in [-0.2, -0.15) is 4.98 Å². The molecule has 1 aliphatic carbocycles. The SMILES string of the molecule is CNCC(O)COc1cccc(-c2nc(OCC3CCN(C4CC4)CC3)c(C)c(-c3c(C)noc3C)n2)c1. The number of aliphatic hydroxyl groups is 1. The topological polar surface area (TPSA) is 106 Å². The van der Waals surface area contributed by atoms with E-state index in [1.807, 2.05) is 45.0 Å². The van der Waals surface area contributed by atoms with Gasteiger partial charge in [0.2, 0.25) is 5.88 Å². The first-order valence-electron chi connectivity index (χ1n) is 13.7. The minimum atomic E-state index is -0.596. The maximum atomic E-state index is 10.0. The van der Waals surface area contributed by atoms with Gasteiger partial charge >= 0.3 is 0 Å². The van der Waals surface area contributed by atoms with Crippen LogP contribution in [0.1, 0.15) is 42.7 Å². The van der Waals surface area contributed by atoms with Gasteiger partial charge in [-0.05, 0) is 84.6 Å². The third kappa shape index (κ3) is 6.17. The predicted molar refractivity (Wildman–Crippen MR) is 145 cm³/mol. The fraction of sp³-hybridized carbons (Fsp3) is 0.552. The highest BCUT2D eigenvalue weighted by atomic mass is 16.5. The maximum Gasteiger partial charge on any atom is 0.220 e. The summed E-state index contributed by atoms with van der Waals surface area (Å²) in [7, 11) is 1.80. The van der Waals surface area contributed by atoms with E-state index in [4.69, 9.17) is 24.0 Å². The van der Waals surface area contributed by atoms with Gasteiger partial charge in [0.15, 0.2) is 5.82 Å². The fourth-order valence-corrected chi connectivity index (χ4v) is 5.16. The molecule has 9 heteroatoms. The molecule has 1 unspecified atom stereocenters. The Hall–Kier alpha value is -3.01. The van der Waals surface area contributed by atoms with Gasteiger partial charge in [0.05, 0.1) is 23.6 Å². The number of nitrogens with one attached hydrogen (secondary N) is 1. The van der Waals surface area contributed by atoms with Crippen LogP contribution in [0.3, 0.4) is 0 Å². The molecule has 1 atom stereocenters. The molecule has 5 rings (SSSR count). The zero-order chi connectivity index (χ0) is 26.6. The molecule has 1 saturated carbocycles. The van der Waals surface area contributed by atoms with E-state index in [0.29, 0.717) is 42.3 Å². The van der Waals surface area contributed by atoms with Crippen LogP contribution in [0.2, 0.25) is 0 Å². The number of rotatable bonds is 11. The number of aromatic nitrogens is 3. The first kappa shape index (κ1) is 26.6. The van der Waals surface area contributed by atoms with Crippen LogP contribution in [0.15, 0.2) is 28.8 Å². The van der Waals surface area contributed by atoms with Crippen molar-refractivity contribution in [1.29, 1.82) is 0 Å². The van der Waals surface area contributed by atoms with Crippen LogP contribution >= 0.6 is 0 Å². The standard InChI is InChI=1S/C29H39N5O4/c1-18-27(26-19(2)33-38-20(26)3)31-28(22-6-5-7-25(14-22)36-17-24(35)15-30-4)32-29(18)37-16-21-10-12-34(13-11-21)23-8-9-23/h5-7,14,21,23-24,30,35H,8-13,15-17H2,1-4H3. The zero-order valence-electron chi connectivity index (χ0n) is 22.9. The van der Waals surface area contributed by atoms with Gasteiger partial charge in [-0.1, -0.05) is 17.3 Å². The highest BCUT2D eigenvalue weighted by Crippen LogP contribution is 2.35. The Balaban J connectivity index is 1.40. The summed E-state index contributed by atoms with van der Waals surface area (Å²) >= 11 is 0. The summed E-state index contributed by atoms with van der Waals surface area (Å²) in [5, 5.41) is 17.1. The van der Waals surface area contributed by atoms with Gasteiger partial charge in [0, 0.05) is 23.7 Å². The van der Waals surface area contributed by atoms with Gasteiger partial charge in [-0.15, -0.1) is 0 Å². The number of hydrogen-bond acceptors (Lipinski definition) is 9. The minimum Gasteiger partial charge on any atom is -0.491 e. The summed E-state index contributed by atoms with van der Waals surface area (Å²) in [6.45, 7) is 9.43. The quantitative estimate of drug-likeness (QED) is 0.388. The lowest BCUT2D eigenvalue weighted by Crippen LogP contribution is -2.36. The molecule has 1 saturated heterocycles. The fourth-order valence-electron chi connectivity index (χ4n) is 5.16.